The van der Waals surface area contributed by atoms with Crippen molar-refractivity contribution in [3.8, 4) is 0 Å². The Morgan fingerprint density at radius 1 is 0.447 bits per heavy atom. The average Bonchev–Trinajstić information content (AvgIpc) is 3.07. The molecule has 3 heteroatoms. The molecule has 3 aromatic rings. The van der Waals surface area contributed by atoms with Crippen molar-refractivity contribution in [2.75, 3.05) is 0 Å². The summed E-state index contributed by atoms with van der Waals surface area (Å²) >= 11 is 0. The zero-order valence-electron chi connectivity index (χ0n) is 31.2. The van der Waals surface area contributed by atoms with Crippen LogP contribution in [0.25, 0.3) is 0 Å². The number of benzene rings is 2. The highest BCUT2D eigenvalue weighted by atomic mass is 14.8. The molecule has 0 aliphatic rings. The fourth-order valence-electron chi connectivity index (χ4n) is 6.39. The lowest BCUT2D eigenvalue weighted by molar-refractivity contribution is 0.767. The van der Waals surface area contributed by atoms with E-state index in [4.69, 9.17) is 15.0 Å². The number of aryl methyl sites for hydroxylation is 7. The quantitative estimate of drug-likeness (QED) is 0.101. The molecule has 1 heterocycles. The van der Waals surface area contributed by atoms with Gasteiger partial charge in [0.25, 0.3) is 0 Å². The summed E-state index contributed by atoms with van der Waals surface area (Å²) < 4.78 is 0. The van der Waals surface area contributed by atoms with Gasteiger partial charge < -0.3 is 0 Å². The SMILES string of the molecule is CCCCc1cc(CCCC)c(N=Cc2cc(C)cc(C=Nc3c(CCCC)cc(CCCC)cc3CCCC)n2)c(CCCC)c1. The van der Waals surface area contributed by atoms with Gasteiger partial charge in [-0.15, -0.1) is 0 Å². The number of aliphatic imine (C=N–C) groups is 2. The second-order valence-corrected chi connectivity index (χ2v) is 13.7. The van der Waals surface area contributed by atoms with E-state index in [1.807, 2.05) is 12.4 Å². The molecule has 0 saturated carbocycles. The highest BCUT2D eigenvalue weighted by Gasteiger charge is 2.13. The smallest absolute Gasteiger partial charge is 0.0823 e. The second kappa shape index (κ2) is 21.7. The topological polar surface area (TPSA) is 37.6 Å². The second-order valence-electron chi connectivity index (χ2n) is 13.7. The van der Waals surface area contributed by atoms with Crippen LogP contribution >= 0.6 is 0 Å². The van der Waals surface area contributed by atoms with Crippen LogP contribution < -0.4 is 0 Å². The summed E-state index contributed by atoms with van der Waals surface area (Å²) in [6.45, 7) is 15.8. The van der Waals surface area contributed by atoms with Gasteiger partial charge in [-0.3, -0.25) is 9.98 Å². The van der Waals surface area contributed by atoms with Crippen molar-refractivity contribution >= 4 is 23.8 Å². The van der Waals surface area contributed by atoms with Gasteiger partial charge in [-0.05, 0) is 135 Å². The zero-order valence-corrected chi connectivity index (χ0v) is 31.2. The van der Waals surface area contributed by atoms with E-state index in [9.17, 15) is 0 Å². The minimum atomic E-state index is 0.900. The molecule has 0 aliphatic carbocycles. The summed E-state index contributed by atoms with van der Waals surface area (Å²) in [5.41, 5.74) is 13.9. The van der Waals surface area contributed by atoms with Gasteiger partial charge in [0.2, 0.25) is 0 Å². The van der Waals surface area contributed by atoms with E-state index in [0.717, 1.165) is 49.9 Å². The number of unbranched alkanes of at least 4 members (excludes halogenated alkanes) is 6. The molecular formula is C44H65N3. The van der Waals surface area contributed by atoms with E-state index in [1.54, 1.807) is 0 Å². The first-order valence-corrected chi connectivity index (χ1v) is 19.3. The first-order valence-electron chi connectivity index (χ1n) is 19.3. The Hall–Kier alpha value is -3.07. The van der Waals surface area contributed by atoms with Crippen molar-refractivity contribution in [3.63, 3.8) is 0 Å². The fraction of sp³-hybridized carbons (Fsp3) is 0.568. The van der Waals surface area contributed by atoms with Crippen molar-refractivity contribution in [3.05, 3.63) is 86.7 Å². The van der Waals surface area contributed by atoms with E-state index in [1.165, 1.54) is 127 Å². The van der Waals surface area contributed by atoms with Gasteiger partial charge in [0.15, 0.2) is 0 Å². The molecule has 0 fully saturated rings. The molecule has 0 bridgehead atoms. The Morgan fingerprint density at radius 2 is 0.745 bits per heavy atom. The summed E-state index contributed by atoms with van der Waals surface area (Å²) in [4.78, 5) is 15.5. The Bertz CT molecular complexity index is 1250. The van der Waals surface area contributed by atoms with Crippen LogP contribution in [0.4, 0.5) is 11.4 Å². The molecule has 0 saturated heterocycles. The molecule has 0 radical (unpaired) electrons. The predicted molar refractivity (Wildman–Crippen MR) is 208 cm³/mol. The molecule has 2 aromatic carbocycles. The maximum atomic E-state index is 5.20. The summed E-state index contributed by atoms with van der Waals surface area (Å²) in [6, 6.07) is 14.1. The van der Waals surface area contributed by atoms with Crippen LogP contribution in [-0.4, -0.2) is 17.4 Å². The van der Waals surface area contributed by atoms with Gasteiger partial charge in [-0.2, -0.15) is 0 Å². The molecule has 0 unspecified atom stereocenters. The Morgan fingerprint density at radius 3 is 1.04 bits per heavy atom. The van der Waals surface area contributed by atoms with Gasteiger partial charge in [0.1, 0.15) is 0 Å². The lowest BCUT2D eigenvalue weighted by Gasteiger charge is -2.15. The number of nitrogens with zero attached hydrogens (tertiary/aromatic N) is 3. The monoisotopic (exact) mass is 636 g/mol. The molecule has 3 nitrogen and oxygen atoms in total. The molecule has 47 heavy (non-hydrogen) atoms. The summed E-state index contributed by atoms with van der Waals surface area (Å²) in [6.07, 6.45) is 25.1. The number of rotatable bonds is 22. The van der Waals surface area contributed by atoms with Crippen molar-refractivity contribution in [2.24, 2.45) is 9.98 Å². The average molecular weight is 636 g/mol. The van der Waals surface area contributed by atoms with Crippen LogP contribution in [0.3, 0.4) is 0 Å². The first kappa shape index (κ1) is 38.4. The third-order valence-electron chi connectivity index (χ3n) is 9.15. The third kappa shape index (κ3) is 12.8. The third-order valence-corrected chi connectivity index (χ3v) is 9.15. The van der Waals surface area contributed by atoms with Crippen LogP contribution in [0.15, 0.2) is 46.4 Å². The molecule has 0 N–H and O–H groups in total. The summed E-state index contributed by atoms with van der Waals surface area (Å²) in [5, 5.41) is 0. The van der Waals surface area contributed by atoms with E-state index < -0.39 is 0 Å². The number of hydrogen-bond acceptors (Lipinski definition) is 3. The number of pyridine rings is 1. The maximum Gasteiger partial charge on any atom is 0.0823 e. The summed E-state index contributed by atoms with van der Waals surface area (Å²) in [7, 11) is 0. The Kier molecular flexibility index (Phi) is 17.7. The van der Waals surface area contributed by atoms with Crippen LogP contribution in [0.1, 0.15) is 169 Å². The molecular weight excluding hydrogens is 571 g/mol. The molecule has 0 amide bonds. The van der Waals surface area contributed by atoms with Gasteiger partial charge in [0, 0.05) is 0 Å². The minimum Gasteiger partial charge on any atom is -0.254 e. The van der Waals surface area contributed by atoms with Crippen molar-refractivity contribution in [1.29, 1.82) is 0 Å². The number of hydrogen-bond donors (Lipinski definition) is 0. The van der Waals surface area contributed by atoms with Gasteiger partial charge in [0.05, 0.1) is 35.2 Å². The fourth-order valence-corrected chi connectivity index (χ4v) is 6.39. The molecule has 0 spiro atoms. The molecule has 0 atom stereocenters. The standard InChI is InChI=1S/C44H65N3/c1-8-14-20-35-28-37(22-16-10-3)43(38(29-35)23-17-11-4)45-32-41-26-34(7)27-42(47-41)33-46-44-39(24-18-12-5)30-36(21-15-9-2)31-40(44)25-19-13-6/h26-33H,8-25H2,1-7H3. The molecule has 3 rings (SSSR count). The van der Waals surface area contributed by atoms with E-state index in [-0.39, 0.29) is 0 Å². The Balaban J connectivity index is 2.02. The molecule has 0 aliphatic heterocycles. The number of aromatic nitrogens is 1. The largest absolute Gasteiger partial charge is 0.254 e. The van der Waals surface area contributed by atoms with Crippen LogP contribution in [0, 0.1) is 6.92 Å². The van der Waals surface area contributed by atoms with Crippen molar-refractivity contribution < 1.29 is 0 Å². The van der Waals surface area contributed by atoms with Crippen LogP contribution in [0.2, 0.25) is 0 Å². The predicted octanol–water partition coefficient (Wildman–Crippen LogP) is 12.9. The highest BCUT2D eigenvalue weighted by Crippen LogP contribution is 2.32. The minimum absolute atomic E-state index is 0.900. The van der Waals surface area contributed by atoms with E-state index in [0.29, 0.717) is 0 Å². The van der Waals surface area contributed by atoms with Gasteiger partial charge in [-0.1, -0.05) is 104 Å². The normalized spacial score (nSPS) is 11.8. The molecule has 256 valence electrons. The lowest BCUT2D eigenvalue weighted by atomic mass is 9.94. The summed E-state index contributed by atoms with van der Waals surface area (Å²) in [5.74, 6) is 0. The van der Waals surface area contributed by atoms with E-state index in [2.05, 4.69) is 84.9 Å². The van der Waals surface area contributed by atoms with Crippen LogP contribution in [-0.2, 0) is 38.5 Å². The molecule has 1 aromatic heterocycles. The van der Waals surface area contributed by atoms with Gasteiger partial charge >= 0.3 is 0 Å². The van der Waals surface area contributed by atoms with Crippen LogP contribution in [0.5, 0.6) is 0 Å². The van der Waals surface area contributed by atoms with E-state index >= 15 is 0 Å². The lowest BCUT2D eigenvalue weighted by Crippen LogP contribution is -2.00. The van der Waals surface area contributed by atoms with Gasteiger partial charge in [-0.25, -0.2) is 4.98 Å². The first-order chi connectivity index (χ1) is 23.0. The Labute approximate surface area is 288 Å². The highest BCUT2D eigenvalue weighted by molar-refractivity contribution is 5.85. The van der Waals surface area contributed by atoms with Crippen molar-refractivity contribution in [2.45, 2.75) is 164 Å². The van der Waals surface area contributed by atoms with Crippen molar-refractivity contribution in [1.82, 2.24) is 4.98 Å². The zero-order chi connectivity index (χ0) is 33.9. The maximum absolute atomic E-state index is 5.20.